The molecule has 0 fully saturated rings. The van der Waals surface area contributed by atoms with Crippen LogP contribution in [0.15, 0.2) is 185 Å². The molecular weight excluding hydrogens is 739 g/mol. The Morgan fingerprint density at radius 3 is 1.97 bits per heavy atom. The first kappa shape index (κ1) is 36.3. The number of hydrogen-bond donors (Lipinski definition) is 2. The van der Waals surface area contributed by atoms with E-state index >= 15 is 0 Å². The standard InChI is InChI=1S/C47H33NOS.C7H8N2/c1-47(2)38-17-7-6-14-35(38)36-23-21-29(25-39(36)47)27-48-28-32-13-8-18-41-44(32)37-26-31(22-24-40(37)49-41)34-16-10-20-43-46(34)45-33(15-9-19-42(45)50-43)30-11-4-3-5-12-30;8-7(9)6-4-2-1-3-5-6/h3-26,28H,27H2,1-2H3;1-5H,(H3,8,9). The lowest BCUT2D eigenvalue weighted by Gasteiger charge is -2.21. The van der Waals surface area contributed by atoms with Gasteiger partial charge in [0.15, 0.2) is 0 Å². The Morgan fingerprint density at radius 2 is 1.24 bits per heavy atom. The van der Waals surface area contributed by atoms with Gasteiger partial charge in [0.1, 0.15) is 17.0 Å². The molecule has 2 heterocycles. The first-order valence-electron chi connectivity index (χ1n) is 19.9. The molecule has 0 atom stereocenters. The number of nitrogens with two attached hydrogens (primary N) is 1. The summed E-state index contributed by atoms with van der Waals surface area (Å²) in [5.41, 5.74) is 20.4. The Balaban J connectivity index is 0.000000416. The highest BCUT2D eigenvalue weighted by molar-refractivity contribution is 7.26. The zero-order chi connectivity index (χ0) is 40.1. The van der Waals surface area contributed by atoms with Crippen LogP contribution in [-0.4, -0.2) is 12.1 Å². The van der Waals surface area contributed by atoms with Crippen LogP contribution >= 0.6 is 11.3 Å². The lowest BCUT2D eigenvalue weighted by molar-refractivity contribution is 0.659. The van der Waals surface area contributed by atoms with Crippen molar-refractivity contribution in [3.05, 3.63) is 204 Å². The summed E-state index contributed by atoms with van der Waals surface area (Å²) in [7, 11) is 0. The number of aliphatic imine (C=N–C) groups is 1. The van der Waals surface area contributed by atoms with Crippen LogP contribution in [0.2, 0.25) is 0 Å². The molecule has 0 aliphatic heterocycles. The van der Waals surface area contributed by atoms with Gasteiger partial charge in [0.25, 0.3) is 0 Å². The van der Waals surface area contributed by atoms with E-state index in [0.29, 0.717) is 6.54 Å². The minimum Gasteiger partial charge on any atom is -0.456 e. The Hall–Kier alpha value is -7.08. The van der Waals surface area contributed by atoms with E-state index in [2.05, 4.69) is 159 Å². The summed E-state index contributed by atoms with van der Waals surface area (Å²) in [4.78, 5) is 4.99. The highest BCUT2D eigenvalue weighted by Gasteiger charge is 2.35. The Kier molecular flexibility index (Phi) is 9.04. The zero-order valence-electron chi connectivity index (χ0n) is 32.9. The maximum absolute atomic E-state index is 7.01. The number of nitrogens with zero attached hydrogens (tertiary/aromatic N) is 1. The summed E-state index contributed by atoms with van der Waals surface area (Å²) >= 11 is 1.86. The summed E-state index contributed by atoms with van der Waals surface area (Å²) in [6, 6.07) is 61.9. The maximum atomic E-state index is 7.01. The van der Waals surface area contributed by atoms with E-state index in [4.69, 9.17) is 20.6 Å². The number of nitrogen functional groups attached to an aromatic ring is 1. The number of thiophene rings is 1. The molecule has 0 amide bonds. The molecule has 1 aliphatic rings. The monoisotopic (exact) mass is 779 g/mol. The summed E-state index contributed by atoms with van der Waals surface area (Å²) in [6.45, 7) is 5.27. The van der Waals surface area contributed by atoms with Crippen LogP contribution in [0, 0.1) is 5.41 Å². The number of hydrogen-bond acceptors (Lipinski definition) is 4. The molecule has 0 bridgehead atoms. The van der Waals surface area contributed by atoms with Crippen molar-refractivity contribution < 1.29 is 4.42 Å². The van der Waals surface area contributed by atoms with Gasteiger partial charge in [-0.3, -0.25) is 10.4 Å². The topological polar surface area (TPSA) is 75.4 Å². The van der Waals surface area contributed by atoms with E-state index in [1.807, 2.05) is 47.9 Å². The van der Waals surface area contributed by atoms with Gasteiger partial charge < -0.3 is 10.2 Å². The van der Waals surface area contributed by atoms with Crippen molar-refractivity contribution in [1.29, 1.82) is 5.41 Å². The van der Waals surface area contributed by atoms with E-state index in [0.717, 1.165) is 33.1 Å². The molecule has 0 saturated carbocycles. The minimum atomic E-state index is -0.0204. The molecule has 0 saturated heterocycles. The van der Waals surface area contributed by atoms with E-state index < -0.39 is 0 Å². The second-order valence-corrected chi connectivity index (χ2v) is 16.7. The SMILES string of the molecule is CC1(C)c2ccccc2-c2ccc(CN=Cc3cccc4oc5ccc(-c6cccc7sc8cccc(-c9ccccc9)c8c67)cc5c34)cc21.N=C(N)c1ccccc1. The number of amidine groups is 1. The average Bonchev–Trinajstić information content (AvgIpc) is 3.92. The predicted molar refractivity (Wildman–Crippen MR) is 250 cm³/mol. The molecular formula is C54H41N3OS. The second kappa shape index (κ2) is 14.7. The van der Waals surface area contributed by atoms with Gasteiger partial charge in [0, 0.05) is 53.7 Å². The Morgan fingerprint density at radius 1 is 0.593 bits per heavy atom. The van der Waals surface area contributed by atoms with Crippen LogP contribution in [0.3, 0.4) is 0 Å². The molecule has 0 spiro atoms. The molecule has 8 aromatic carbocycles. The van der Waals surface area contributed by atoms with Gasteiger partial charge >= 0.3 is 0 Å². The molecule has 3 N–H and O–H groups in total. The van der Waals surface area contributed by atoms with E-state index in [9.17, 15) is 0 Å². The molecule has 59 heavy (non-hydrogen) atoms. The quantitative estimate of drug-likeness (QED) is 0.130. The molecule has 1 aliphatic carbocycles. The van der Waals surface area contributed by atoms with Crippen molar-refractivity contribution in [2.75, 3.05) is 0 Å². The van der Waals surface area contributed by atoms with Gasteiger partial charge in [0.2, 0.25) is 0 Å². The van der Waals surface area contributed by atoms with Gasteiger partial charge in [-0.25, -0.2) is 0 Å². The van der Waals surface area contributed by atoms with Crippen molar-refractivity contribution in [2.24, 2.45) is 10.7 Å². The normalized spacial score (nSPS) is 12.8. The fourth-order valence-corrected chi connectivity index (χ4v) is 9.97. The van der Waals surface area contributed by atoms with Crippen LogP contribution < -0.4 is 5.73 Å². The lowest BCUT2D eigenvalue weighted by Crippen LogP contribution is -2.15. The molecule has 0 radical (unpaired) electrons. The van der Waals surface area contributed by atoms with E-state index in [1.165, 1.54) is 70.2 Å². The molecule has 2 aromatic heterocycles. The average molecular weight is 780 g/mol. The van der Waals surface area contributed by atoms with Gasteiger partial charge in [-0.15, -0.1) is 11.3 Å². The van der Waals surface area contributed by atoms with E-state index in [1.54, 1.807) is 0 Å². The molecule has 5 heteroatoms. The van der Waals surface area contributed by atoms with Crippen LogP contribution in [0.5, 0.6) is 0 Å². The number of rotatable bonds is 6. The minimum absolute atomic E-state index is 0.0204. The zero-order valence-corrected chi connectivity index (χ0v) is 33.7. The number of benzene rings is 8. The van der Waals surface area contributed by atoms with Gasteiger partial charge in [-0.1, -0.05) is 159 Å². The first-order chi connectivity index (χ1) is 28.8. The molecule has 10 aromatic rings. The van der Waals surface area contributed by atoms with Gasteiger partial charge in [-0.2, -0.15) is 0 Å². The third-order valence-electron chi connectivity index (χ3n) is 11.7. The van der Waals surface area contributed by atoms with E-state index in [-0.39, 0.29) is 11.3 Å². The summed E-state index contributed by atoms with van der Waals surface area (Å²) < 4.78 is 9.01. The fraction of sp³-hybridized carbons (Fsp3) is 0.0741. The Bertz CT molecular complexity index is 3250. The number of nitrogens with one attached hydrogen (secondary N) is 1. The van der Waals surface area contributed by atoms with Crippen molar-refractivity contribution in [2.45, 2.75) is 25.8 Å². The lowest BCUT2D eigenvalue weighted by atomic mass is 9.82. The third-order valence-corrected chi connectivity index (χ3v) is 12.8. The van der Waals surface area contributed by atoms with Gasteiger partial charge in [0.05, 0.1) is 6.54 Å². The number of fused-ring (bicyclic) bond motifs is 9. The van der Waals surface area contributed by atoms with Crippen molar-refractivity contribution in [3.8, 4) is 33.4 Å². The molecule has 4 nitrogen and oxygen atoms in total. The number of furan rings is 1. The van der Waals surface area contributed by atoms with Crippen LogP contribution in [0.25, 0.3) is 75.5 Å². The third kappa shape index (κ3) is 6.41. The highest BCUT2D eigenvalue weighted by Crippen LogP contribution is 2.49. The van der Waals surface area contributed by atoms with Crippen LogP contribution in [0.4, 0.5) is 0 Å². The summed E-state index contributed by atoms with van der Waals surface area (Å²) in [6.07, 6.45) is 2.02. The van der Waals surface area contributed by atoms with Crippen LogP contribution in [0.1, 0.15) is 41.7 Å². The second-order valence-electron chi connectivity index (χ2n) is 15.7. The first-order valence-corrected chi connectivity index (χ1v) is 20.7. The highest BCUT2D eigenvalue weighted by atomic mass is 32.1. The largest absolute Gasteiger partial charge is 0.456 e. The van der Waals surface area contributed by atoms with Crippen molar-refractivity contribution in [1.82, 2.24) is 0 Å². The molecule has 11 rings (SSSR count). The van der Waals surface area contributed by atoms with Crippen molar-refractivity contribution in [3.63, 3.8) is 0 Å². The molecule has 0 unspecified atom stereocenters. The summed E-state index contributed by atoms with van der Waals surface area (Å²) in [5, 5.41) is 11.8. The van der Waals surface area contributed by atoms with Crippen LogP contribution in [-0.2, 0) is 12.0 Å². The van der Waals surface area contributed by atoms with Gasteiger partial charge in [-0.05, 0) is 80.4 Å². The molecule has 284 valence electrons. The Labute approximate surface area is 347 Å². The van der Waals surface area contributed by atoms with Crippen molar-refractivity contribution >= 4 is 65.5 Å². The maximum Gasteiger partial charge on any atom is 0.136 e. The predicted octanol–water partition coefficient (Wildman–Crippen LogP) is 14.2. The fourth-order valence-electron chi connectivity index (χ4n) is 8.81. The smallest absolute Gasteiger partial charge is 0.136 e. The summed E-state index contributed by atoms with van der Waals surface area (Å²) in [5.74, 6) is 0.121.